The Kier molecular flexibility index (Phi) is 5.91. The second kappa shape index (κ2) is 7.70. The first-order valence-corrected chi connectivity index (χ1v) is 7.85. The van der Waals surface area contributed by atoms with Crippen LogP contribution in [-0.2, 0) is 4.79 Å². The molecule has 0 aliphatic carbocycles. The number of nitrogens with one attached hydrogen (secondary N) is 2. The number of ether oxygens (including phenoxy) is 1. The Hall–Kier alpha value is -1.72. The molecule has 1 amide bonds. The summed E-state index contributed by atoms with van der Waals surface area (Å²) in [4.78, 5) is 12.2. The first-order chi connectivity index (χ1) is 10.7. The molecule has 0 bridgehead atoms. The van der Waals surface area contributed by atoms with Gasteiger partial charge in [-0.15, -0.1) is 12.4 Å². The fourth-order valence-electron chi connectivity index (χ4n) is 2.82. The van der Waals surface area contributed by atoms with E-state index in [2.05, 4.69) is 10.6 Å². The zero-order valence-electron chi connectivity index (χ0n) is 13.4. The molecular weight excluding hydrogens is 316 g/mol. The molecule has 0 radical (unpaired) electrons. The van der Waals surface area contributed by atoms with E-state index < -0.39 is 0 Å². The summed E-state index contributed by atoms with van der Waals surface area (Å²) in [5.74, 6) is 1.64. The summed E-state index contributed by atoms with van der Waals surface area (Å²) in [5.41, 5.74) is 0.739. The van der Waals surface area contributed by atoms with Crippen molar-refractivity contribution < 1.29 is 13.9 Å². The van der Waals surface area contributed by atoms with E-state index in [0.717, 1.165) is 42.0 Å². The largest absolute Gasteiger partial charge is 0.490 e. The third-order valence-electron chi connectivity index (χ3n) is 4.04. The van der Waals surface area contributed by atoms with E-state index in [-0.39, 0.29) is 30.3 Å². The highest BCUT2D eigenvalue weighted by Crippen LogP contribution is 2.31. The summed E-state index contributed by atoms with van der Waals surface area (Å²) in [6.45, 7) is 6.15. The second-order valence-corrected chi connectivity index (χ2v) is 5.68. The average Bonchev–Trinajstić information content (AvgIpc) is 3.17. The van der Waals surface area contributed by atoms with Crippen molar-refractivity contribution in [1.82, 2.24) is 10.6 Å². The molecule has 0 saturated carbocycles. The summed E-state index contributed by atoms with van der Waals surface area (Å²) in [6.07, 6.45) is 0.896. The fourth-order valence-corrected chi connectivity index (χ4v) is 2.82. The molecule has 126 valence electrons. The zero-order chi connectivity index (χ0) is 15.5. The molecule has 1 aliphatic rings. The minimum absolute atomic E-state index is 0. The number of halogens is 1. The van der Waals surface area contributed by atoms with E-state index in [1.54, 1.807) is 0 Å². The van der Waals surface area contributed by atoms with Crippen LogP contribution in [0.2, 0.25) is 0 Å². The Morgan fingerprint density at radius 3 is 3.04 bits per heavy atom. The SMILES string of the molecule is CCOc1cccc2cc(C(C)NC(=O)C3CCNC3)oc12.Cl. The molecule has 3 rings (SSSR count). The quantitative estimate of drug-likeness (QED) is 0.879. The number of amides is 1. The normalized spacial score (nSPS) is 18.4. The van der Waals surface area contributed by atoms with Gasteiger partial charge in [0.1, 0.15) is 5.76 Å². The van der Waals surface area contributed by atoms with Gasteiger partial charge in [0.15, 0.2) is 11.3 Å². The number of fused-ring (bicyclic) bond motifs is 1. The number of furan rings is 1. The Labute approximate surface area is 142 Å². The molecule has 0 spiro atoms. The lowest BCUT2D eigenvalue weighted by molar-refractivity contribution is -0.125. The van der Waals surface area contributed by atoms with Gasteiger partial charge in [0, 0.05) is 11.9 Å². The number of carbonyl (C=O) groups is 1. The van der Waals surface area contributed by atoms with Gasteiger partial charge in [0.25, 0.3) is 0 Å². The highest BCUT2D eigenvalue weighted by atomic mass is 35.5. The minimum atomic E-state index is -0.157. The van der Waals surface area contributed by atoms with Crippen molar-refractivity contribution in [2.45, 2.75) is 26.3 Å². The first-order valence-electron chi connectivity index (χ1n) is 7.85. The second-order valence-electron chi connectivity index (χ2n) is 5.68. The van der Waals surface area contributed by atoms with Gasteiger partial charge in [-0.1, -0.05) is 12.1 Å². The molecule has 6 heteroatoms. The maximum Gasteiger partial charge on any atom is 0.225 e. The highest BCUT2D eigenvalue weighted by molar-refractivity contribution is 5.85. The number of para-hydroxylation sites is 1. The molecule has 2 atom stereocenters. The minimum Gasteiger partial charge on any atom is -0.490 e. The van der Waals surface area contributed by atoms with Crippen LogP contribution in [0.4, 0.5) is 0 Å². The van der Waals surface area contributed by atoms with Gasteiger partial charge in [0.05, 0.1) is 18.6 Å². The van der Waals surface area contributed by atoms with Crippen LogP contribution in [0.1, 0.15) is 32.1 Å². The van der Waals surface area contributed by atoms with E-state index in [1.165, 1.54) is 0 Å². The van der Waals surface area contributed by atoms with Crippen molar-refractivity contribution in [3.8, 4) is 5.75 Å². The Bertz CT molecular complexity index is 665. The monoisotopic (exact) mass is 338 g/mol. The number of benzene rings is 1. The number of rotatable bonds is 5. The van der Waals surface area contributed by atoms with Crippen LogP contribution in [0.15, 0.2) is 28.7 Å². The van der Waals surface area contributed by atoms with E-state index in [0.29, 0.717) is 6.61 Å². The van der Waals surface area contributed by atoms with Gasteiger partial charge in [-0.2, -0.15) is 0 Å². The van der Waals surface area contributed by atoms with Crippen molar-refractivity contribution in [3.05, 3.63) is 30.0 Å². The molecule has 1 aliphatic heterocycles. The van der Waals surface area contributed by atoms with Crippen molar-refractivity contribution in [3.63, 3.8) is 0 Å². The zero-order valence-corrected chi connectivity index (χ0v) is 14.2. The summed E-state index contributed by atoms with van der Waals surface area (Å²) >= 11 is 0. The molecule has 1 aromatic heterocycles. The molecule has 1 saturated heterocycles. The topological polar surface area (TPSA) is 63.5 Å². The number of hydrogen-bond acceptors (Lipinski definition) is 4. The van der Waals surface area contributed by atoms with Crippen LogP contribution in [0.3, 0.4) is 0 Å². The van der Waals surface area contributed by atoms with Crippen LogP contribution >= 0.6 is 12.4 Å². The summed E-state index contributed by atoms with van der Waals surface area (Å²) in [7, 11) is 0. The van der Waals surface area contributed by atoms with Crippen LogP contribution in [0, 0.1) is 5.92 Å². The molecule has 2 heterocycles. The molecule has 5 nitrogen and oxygen atoms in total. The average molecular weight is 339 g/mol. The fraction of sp³-hybridized carbons (Fsp3) is 0.471. The van der Waals surface area contributed by atoms with E-state index in [9.17, 15) is 4.79 Å². The van der Waals surface area contributed by atoms with Crippen LogP contribution < -0.4 is 15.4 Å². The predicted octanol–water partition coefficient (Wildman–Crippen LogP) is 3.04. The summed E-state index contributed by atoms with van der Waals surface area (Å²) in [6, 6.07) is 7.64. The van der Waals surface area contributed by atoms with Gasteiger partial charge >= 0.3 is 0 Å². The van der Waals surface area contributed by atoms with E-state index in [1.807, 2.05) is 38.1 Å². The Balaban J connectivity index is 0.00000192. The molecule has 2 unspecified atom stereocenters. The van der Waals surface area contributed by atoms with Crippen molar-refractivity contribution in [2.24, 2.45) is 5.92 Å². The molecule has 2 aromatic rings. The van der Waals surface area contributed by atoms with Gasteiger partial charge in [0.2, 0.25) is 5.91 Å². The lowest BCUT2D eigenvalue weighted by Gasteiger charge is -2.14. The summed E-state index contributed by atoms with van der Waals surface area (Å²) in [5, 5.41) is 7.24. The van der Waals surface area contributed by atoms with Gasteiger partial charge in [-0.25, -0.2) is 0 Å². The van der Waals surface area contributed by atoms with Crippen LogP contribution in [0.25, 0.3) is 11.0 Å². The molecule has 2 N–H and O–H groups in total. The first kappa shape index (κ1) is 17.6. The van der Waals surface area contributed by atoms with Crippen molar-refractivity contribution in [1.29, 1.82) is 0 Å². The highest BCUT2D eigenvalue weighted by Gasteiger charge is 2.24. The number of hydrogen-bond donors (Lipinski definition) is 2. The van der Waals surface area contributed by atoms with E-state index in [4.69, 9.17) is 9.15 Å². The standard InChI is InChI=1S/C17H22N2O3.ClH/c1-3-21-14-6-4-5-12-9-15(22-16(12)14)11(2)19-17(20)13-7-8-18-10-13;/h4-6,9,11,13,18H,3,7-8,10H2,1-2H3,(H,19,20);1H. The summed E-state index contributed by atoms with van der Waals surface area (Å²) < 4.78 is 11.5. The van der Waals surface area contributed by atoms with E-state index >= 15 is 0 Å². The molecule has 1 fully saturated rings. The molecule has 1 aromatic carbocycles. The van der Waals surface area contributed by atoms with Gasteiger partial charge < -0.3 is 19.8 Å². The van der Waals surface area contributed by atoms with Crippen LogP contribution in [0.5, 0.6) is 5.75 Å². The Morgan fingerprint density at radius 2 is 2.35 bits per heavy atom. The third-order valence-corrected chi connectivity index (χ3v) is 4.04. The lowest BCUT2D eigenvalue weighted by atomic mass is 10.1. The smallest absolute Gasteiger partial charge is 0.225 e. The molecular formula is C17H23ClN2O3. The van der Waals surface area contributed by atoms with Crippen molar-refractivity contribution >= 4 is 29.3 Å². The van der Waals surface area contributed by atoms with Crippen molar-refractivity contribution in [2.75, 3.05) is 19.7 Å². The maximum atomic E-state index is 12.2. The maximum absolute atomic E-state index is 12.2. The van der Waals surface area contributed by atoms with Gasteiger partial charge in [-0.3, -0.25) is 4.79 Å². The number of carbonyl (C=O) groups excluding carboxylic acids is 1. The van der Waals surface area contributed by atoms with Gasteiger partial charge in [-0.05, 0) is 38.9 Å². The molecule has 23 heavy (non-hydrogen) atoms. The third kappa shape index (κ3) is 3.79. The predicted molar refractivity (Wildman–Crippen MR) is 92.2 cm³/mol. The van der Waals surface area contributed by atoms with Crippen LogP contribution in [-0.4, -0.2) is 25.6 Å². The lowest BCUT2D eigenvalue weighted by Crippen LogP contribution is -2.33. The Morgan fingerprint density at radius 1 is 1.52 bits per heavy atom.